The molecule has 7 nitrogen and oxygen atoms in total. The van der Waals surface area contributed by atoms with Gasteiger partial charge in [0.15, 0.2) is 5.13 Å². The first-order chi connectivity index (χ1) is 14.0. The molecule has 0 aliphatic rings. The van der Waals surface area contributed by atoms with E-state index in [2.05, 4.69) is 20.6 Å². The van der Waals surface area contributed by atoms with Gasteiger partial charge in [-0.2, -0.15) is 0 Å². The van der Waals surface area contributed by atoms with Gasteiger partial charge in [0.1, 0.15) is 10.8 Å². The molecule has 3 rings (SSSR count). The minimum absolute atomic E-state index is 0.115. The lowest BCUT2D eigenvalue weighted by Gasteiger charge is -2.14. The fraction of sp³-hybridized carbons (Fsp3) is 0.200. The molecule has 0 radical (unpaired) electrons. The minimum atomic E-state index is -0.303. The summed E-state index contributed by atoms with van der Waals surface area (Å²) < 4.78 is 5.30. The lowest BCUT2D eigenvalue weighted by atomic mass is 10.1. The number of carbonyl (C=O) groups excluding carboxylic acids is 2. The SMILES string of the molecule is COc1ccccc1NC(=O)c1c(C)cc(C)nc1SCC(=O)Nc1nccs1. The Morgan fingerprint density at radius 1 is 1.21 bits per heavy atom. The molecule has 2 amide bonds. The second kappa shape index (κ2) is 9.53. The summed E-state index contributed by atoms with van der Waals surface area (Å²) in [7, 11) is 1.55. The Bertz CT molecular complexity index is 1020. The van der Waals surface area contributed by atoms with Gasteiger partial charge >= 0.3 is 0 Å². The Kier molecular flexibility index (Phi) is 6.84. The van der Waals surface area contributed by atoms with E-state index >= 15 is 0 Å². The number of hydrogen-bond donors (Lipinski definition) is 2. The van der Waals surface area contributed by atoms with Crippen LogP contribution < -0.4 is 15.4 Å². The fourth-order valence-corrected chi connectivity index (χ4v) is 4.18. The zero-order valence-electron chi connectivity index (χ0n) is 16.2. The van der Waals surface area contributed by atoms with Crippen molar-refractivity contribution in [3.63, 3.8) is 0 Å². The van der Waals surface area contributed by atoms with Gasteiger partial charge in [-0.05, 0) is 37.6 Å². The van der Waals surface area contributed by atoms with Crippen LogP contribution in [0.3, 0.4) is 0 Å². The van der Waals surface area contributed by atoms with Gasteiger partial charge in [-0.3, -0.25) is 9.59 Å². The smallest absolute Gasteiger partial charge is 0.258 e. The van der Waals surface area contributed by atoms with Gasteiger partial charge in [-0.1, -0.05) is 23.9 Å². The Morgan fingerprint density at radius 2 is 2.00 bits per heavy atom. The van der Waals surface area contributed by atoms with Gasteiger partial charge < -0.3 is 15.4 Å². The highest BCUT2D eigenvalue weighted by Crippen LogP contribution is 2.28. The average Bonchev–Trinajstić information content (AvgIpc) is 3.19. The number of nitrogens with one attached hydrogen (secondary N) is 2. The summed E-state index contributed by atoms with van der Waals surface area (Å²) in [4.78, 5) is 33.7. The number of thioether (sulfide) groups is 1. The molecule has 0 aliphatic heterocycles. The van der Waals surface area contributed by atoms with Crippen LogP contribution in [0.1, 0.15) is 21.6 Å². The Balaban J connectivity index is 1.79. The molecule has 29 heavy (non-hydrogen) atoms. The number of amides is 2. The summed E-state index contributed by atoms with van der Waals surface area (Å²) >= 11 is 2.56. The van der Waals surface area contributed by atoms with Crippen molar-refractivity contribution < 1.29 is 14.3 Å². The molecule has 0 spiro atoms. The van der Waals surface area contributed by atoms with E-state index in [-0.39, 0.29) is 17.6 Å². The third-order valence-corrected chi connectivity index (χ3v) is 5.58. The summed E-state index contributed by atoms with van der Waals surface area (Å²) in [6.07, 6.45) is 1.62. The third-order valence-electron chi connectivity index (χ3n) is 3.91. The van der Waals surface area contributed by atoms with E-state index < -0.39 is 0 Å². The lowest BCUT2D eigenvalue weighted by molar-refractivity contribution is -0.113. The van der Waals surface area contributed by atoms with Gasteiger partial charge in [0, 0.05) is 17.3 Å². The van der Waals surface area contributed by atoms with E-state index in [0.29, 0.717) is 27.2 Å². The van der Waals surface area contributed by atoms with E-state index in [4.69, 9.17) is 4.74 Å². The van der Waals surface area contributed by atoms with Crippen LogP contribution in [0, 0.1) is 13.8 Å². The molecule has 150 valence electrons. The number of ether oxygens (including phenoxy) is 1. The maximum absolute atomic E-state index is 13.0. The van der Waals surface area contributed by atoms with Crippen LogP contribution in [0.4, 0.5) is 10.8 Å². The van der Waals surface area contributed by atoms with E-state index in [1.807, 2.05) is 32.0 Å². The number of aryl methyl sites for hydroxylation is 2. The molecule has 1 aromatic carbocycles. The zero-order valence-corrected chi connectivity index (χ0v) is 17.8. The largest absolute Gasteiger partial charge is 0.495 e. The summed E-state index contributed by atoms with van der Waals surface area (Å²) in [5.41, 5.74) is 2.57. The standard InChI is InChI=1S/C20H20N4O3S2/c1-12-10-13(2)22-19(29-11-16(25)24-20-21-8-9-28-20)17(12)18(26)23-14-6-4-5-7-15(14)27-3/h4-10H,11H2,1-3H3,(H,23,26)(H,21,24,25). The number of para-hydroxylation sites is 2. The number of aromatic nitrogens is 2. The molecule has 0 unspecified atom stereocenters. The maximum Gasteiger partial charge on any atom is 0.258 e. The second-order valence-corrected chi connectivity index (χ2v) is 7.95. The van der Waals surface area contributed by atoms with E-state index in [1.54, 1.807) is 30.8 Å². The van der Waals surface area contributed by atoms with E-state index in [0.717, 1.165) is 11.3 Å². The van der Waals surface area contributed by atoms with Crippen LogP contribution in [-0.4, -0.2) is 34.6 Å². The van der Waals surface area contributed by atoms with Crippen molar-refractivity contribution >= 4 is 45.7 Å². The molecule has 0 saturated heterocycles. The van der Waals surface area contributed by atoms with Gasteiger partial charge in [0.2, 0.25) is 5.91 Å². The van der Waals surface area contributed by atoms with Crippen molar-refractivity contribution in [2.75, 3.05) is 23.5 Å². The Labute approximate surface area is 176 Å². The van der Waals surface area contributed by atoms with Crippen molar-refractivity contribution in [3.8, 4) is 5.75 Å². The van der Waals surface area contributed by atoms with E-state index in [9.17, 15) is 9.59 Å². The second-order valence-electron chi connectivity index (χ2n) is 6.09. The molecular formula is C20H20N4O3S2. The van der Waals surface area contributed by atoms with Crippen LogP contribution in [0.2, 0.25) is 0 Å². The monoisotopic (exact) mass is 428 g/mol. The van der Waals surface area contributed by atoms with Gasteiger partial charge in [0.05, 0.1) is 24.1 Å². The highest BCUT2D eigenvalue weighted by Gasteiger charge is 2.19. The molecular weight excluding hydrogens is 408 g/mol. The number of carbonyl (C=O) groups is 2. The highest BCUT2D eigenvalue weighted by molar-refractivity contribution is 8.00. The molecule has 0 fully saturated rings. The quantitative estimate of drug-likeness (QED) is 0.549. The average molecular weight is 429 g/mol. The maximum atomic E-state index is 13.0. The van der Waals surface area contributed by atoms with Crippen LogP contribution >= 0.6 is 23.1 Å². The van der Waals surface area contributed by atoms with Crippen LogP contribution in [-0.2, 0) is 4.79 Å². The lowest BCUT2D eigenvalue weighted by Crippen LogP contribution is -2.18. The molecule has 2 aromatic heterocycles. The molecule has 0 saturated carbocycles. The highest BCUT2D eigenvalue weighted by atomic mass is 32.2. The van der Waals surface area contributed by atoms with Crippen molar-refractivity contribution in [1.82, 2.24) is 9.97 Å². The van der Waals surface area contributed by atoms with Gasteiger partial charge in [0.25, 0.3) is 5.91 Å². The molecule has 0 aliphatic carbocycles. The summed E-state index contributed by atoms with van der Waals surface area (Å²) in [6, 6.07) is 9.03. The zero-order chi connectivity index (χ0) is 20.8. The van der Waals surface area contributed by atoms with Crippen molar-refractivity contribution in [3.05, 3.63) is 58.7 Å². The molecule has 9 heteroatoms. The van der Waals surface area contributed by atoms with Crippen molar-refractivity contribution in [2.24, 2.45) is 0 Å². The molecule has 2 N–H and O–H groups in total. The predicted molar refractivity (Wildman–Crippen MR) is 116 cm³/mol. The Hall–Kier alpha value is -2.91. The molecule has 2 heterocycles. The van der Waals surface area contributed by atoms with Gasteiger partial charge in [-0.15, -0.1) is 11.3 Å². The summed E-state index contributed by atoms with van der Waals surface area (Å²) in [6.45, 7) is 3.71. The fourth-order valence-electron chi connectivity index (χ4n) is 2.69. The van der Waals surface area contributed by atoms with Gasteiger partial charge in [-0.25, -0.2) is 9.97 Å². The number of rotatable bonds is 7. The first-order valence-electron chi connectivity index (χ1n) is 8.72. The molecule has 0 bridgehead atoms. The summed E-state index contributed by atoms with van der Waals surface area (Å²) in [5, 5.41) is 8.43. The number of benzene rings is 1. The van der Waals surface area contributed by atoms with Crippen LogP contribution in [0.15, 0.2) is 46.9 Å². The number of pyridine rings is 1. The minimum Gasteiger partial charge on any atom is -0.495 e. The van der Waals surface area contributed by atoms with Crippen molar-refractivity contribution in [1.29, 1.82) is 0 Å². The first-order valence-corrected chi connectivity index (χ1v) is 10.6. The van der Waals surface area contributed by atoms with Crippen LogP contribution in [0.25, 0.3) is 0 Å². The molecule has 3 aromatic rings. The normalized spacial score (nSPS) is 10.4. The number of anilines is 2. The predicted octanol–water partition coefficient (Wildman–Crippen LogP) is 4.15. The topological polar surface area (TPSA) is 93.2 Å². The van der Waals surface area contributed by atoms with E-state index in [1.165, 1.54) is 23.1 Å². The number of thiazole rings is 1. The number of hydrogen-bond acceptors (Lipinski definition) is 7. The summed E-state index contributed by atoms with van der Waals surface area (Å²) in [5.74, 6) is 0.171. The Morgan fingerprint density at radius 3 is 2.72 bits per heavy atom. The third kappa shape index (κ3) is 5.33. The number of nitrogens with zero attached hydrogens (tertiary/aromatic N) is 2. The van der Waals surface area contributed by atoms with Crippen molar-refractivity contribution in [2.45, 2.75) is 18.9 Å². The first kappa shape index (κ1) is 20.8. The van der Waals surface area contributed by atoms with Crippen LogP contribution in [0.5, 0.6) is 5.75 Å². The number of methoxy groups -OCH3 is 1. The molecule has 0 atom stereocenters.